The summed E-state index contributed by atoms with van der Waals surface area (Å²) in [7, 11) is 0. The molecule has 0 aliphatic carbocycles. The van der Waals surface area contributed by atoms with Crippen LogP contribution in [0.3, 0.4) is 0 Å². The van der Waals surface area contributed by atoms with Gasteiger partial charge in [-0.25, -0.2) is 19.2 Å². The van der Waals surface area contributed by atoms with Crippen LogP contribution in [-0.4, -0.2) is 65.3 Å². The number of morpholine rings is 1. The number of ether oxygens (including phenoxy) is 1. The molecule has 31 heavy (non-hydrogen) atoms. The van der Waals surface area contributed by atoms with Crippen molar-refractivity contribution in [2.24, 2.45) is 5.92 Å². The number of likely N-dealkylation sites (tertiary alicyclic amines) is 1. The van der Waals surface area contributed by atoms with Crippen LogP contribution >= 0.6 is 0 Å². The van der Waals surface area contributed by atoms with Crippen LogP contribution in [-0.2, 0) is 4.74 Å². The fraction of sp³-hybridized carbons (Fsp3) is 0.409. The van der Waals surface area contributed by atoms with Crippen LogP contribution in [0.2, 0.25) is 0 Å². The Hall–Kier alpha value is -3.20. The van der Waals surface area contributed by atoms with Crippen LogP contribution < -0.4 is 10.2 Å². The van der Waals surface area contributed by atoms with E-state index in [-0.39, 0.29) is 6.03 Å². The smallest absolute Gasteiger partial charge is 0.321 e. The standard InChI is InChI=1S/C22H27FN6O2/c1-16-5-7-29(14-16)22(30)27-17-2-3-19(23)18(12-17)20-4-6-25-21(13-24-15-26-20)28-8-10-31-11-9-28/h2-4,6,12-13,15-16H,5,7-11,14H2,1H3,(H,24,26)(H,27,30)/t16-/m1/s1. The number of halogens is 1. The van der Waals surface area contributed by atoms with E-state index in [0.29, 0.717) is 36.1 Å². The van der Waals surface area contributed by atoms with Gasteiger partial charge in [-0.3, -0.25) is 0 Å². The van der Waals surface area contributed by atoms with Crippen molar-refractivity contribution in [2.45, 2.75) is 13.3 Å². The Morgan fingerprint density at radius 3 is 2.87 bits per heavy atom. The summed E-state index contributed by atoms with van der Waals surface area (Å²) < 4.78 is 20.0. The van der Waals surface area contributed by atoms with E-state index in [1.54, 1.807) is 35.5 Å². The number of hydrogen-bond acceptors (Lipinski definition) is 5. The first-order chi connectivity index (χ1) is 15.1. The molecule has 164 valence electrons. The Morgan fingerprint density at radius 2 is 2.10 bits per heavy atom. The zero-order chi connectivity index (χ0) is 21.6. The van der Waals surface area contributed by atoms with Gasteiger partial charge in [0.25, 0.3) is 0 Å². The van der Waals surface area contributed by atoms with E-state index in [1.165, 1.54) is 12.4 Å². The Bertz CT molecular complexity index is 974. The fourth-order valence-electron chi connectivity index (χ4n) is 3.74. The molecule has 2 saturated heterocycles. The van der Waals surface area contributed by atoms with Crippen molar-refractivity contribution >= 4 is 17.5 Å². The predicted molar refractivity (Wildman–Crippen MR) is 117 cm³/mol. The number of amides is 2. The number of urea groups is 1. The SMILES string of the molecule is C[C@@H]1CCN(C(=O)Nc2ccc(F)c(-c3ccnc(N4CCOCC4)cnc[nH]3)c2)C1. The summed E-state index contributed by atoms with van der Waals surface area (Å²) in [6, 6.07) is 6.05. The van der Waals surface area contributed by atoms with Crippen molar-refractivity contribution in [3.63, 3.8) is 0 Å². The average molecular weight is 426 g/mol. The molecule has 0 unspecified atom stereocenters. The molecular weight excluding hydrogens is 399 g/mol. The third kappa shape index (κ3) is 5.29. The fourth-order valence-corrected chi connectivity index (χ4v) is 3.74. The summed E-state index contributed by atoms with van der Waals surface area (Å²) in [4.78, 5) is 28.1. The Balaban J connectivity index is 1.57. The summed E-state index contributed by atoms with van der Waals surface area (Å²) in [5, 5.41) is 2.87. The number of carbonyl (C=O) groups is 1. The largest absolute Gasteiger partial charge is 0.378 e. The molecule has 2 aromatic rings. The highest BCUT2D eigenvalue weighted by molar-refractivity contribution is 5.90. The zero-order valence-electron chi connectivity index (χ0n) is 17.6. The summed E-state index contributed by atoms with van der Waals surface area (Å²) >= 11 is 0. The molecule has 2 aliphatic heterocycles. The molecule has 2 fully saturated rings. The second kappa shape index (κ2) is 9.74. The summed E-state index contributed by atoms with van der Waals surface area (Å²) in [6.07, 6.45) is 5.78. The third-order valence-electron chi connectivity index (χ3n) is 5.49. The quantitative estimate of drug-likeness (QED) is 0.785. The van der Waals surface area contributed by atoms with Gasteiger partial charge in [0.1, 0.15) is 11.6 Å². The van der Waals surface area contributed by atoms with Gasteiger partial charge in [-0.2, -0.15) is 0 Å². The number of nitrogens with one attached hydrogen (secondary N) is 2. The molecule has 3 heterocycles. The number of nitrogens with zero attached hydrogens (tertiary/aromatic N) is 4. The van der Waals surface area contributed by atoms with E-state index < -0.39 is 5.82 Å². The molecule has 8 nitrogen and oxygen atoms in total. The van der Waals surface area contributed by atoms with Crippen molar-refractivity contribution in [1.82, 2.24) is 19.9 Å². The Kier molecular flexibility index (Phi) is 6.61. The lowest BCUT2D eigenvalue weighted by Crippen LogP contribution is -2.36. The van der Waals surface area contributed by atoms with Gasteiger partial charge in [-0.1, -0.05) is 6.92 Å². The zero-order valence-corrected chi connectivity index (χ0v) is 17.6. The van der Waals surface area contributed by atoms with Gasteiger partial charge in [0.05, 0.1) is 31.4 Å². The van der Waals surface area contributed by atoms with Gasteiger partial charge >= 0.3 is 6.03 Å². The van der Waals surface area contributed by atoms with Gasteiger partial charge in [-0.05, 0) is 36.6 Å². The highest BCUT2D eigenvalue weighted by atomic mass is 19.1. The van der Waals surface area contributed by atoms with Gasteiger partial charge in [0, 0.05) is 43.6 Å². The Morgan fingerprint density at radius 1 is 1.26 bits per heavy atom. The maximum atomic E-state index is 14.6. The molecule has 0 spiro atoms. The first kappa shape index (κ1) is 21.0. The van der Waals surface area contributed by atoms with Crippen LogP contribution in [0.15, 0.2) is 43.0 Å². The molecule has 0 saturated carbocycles. The molecule has 1 aromatic heterocycles. The number of rotatable bonds is 3. The average Bonchev–Trinajstić information content (AvgIpc) is 3.26. The minimum Gasteiger partial charge on any atom is -0.378 e. The first-order valence-corrected chi connectivity index (χ1v) is 10.5. The van der Waals surface area contributed by atoms with E-state index in [9.17, 15) is 9.18 Å². The second-order valence-corrected chi connectivity index (χ2v) is 7.83. The molecule has 2 amide bonds. The maximum absolute atomic E-state index is 14.6. The third-order valence-corrected chi connectivity index (χ3v) is 5.49. The molecule has 1 aromatic carbocycles. The predicted octanol–water partition coefficient (Wildman–Crippen LogP) is 3.45. The van der Waals surface area contributed by atoms with Crippen LogP contribution in [0, 0.1) is 11.7 Å². The van der Waals surface area contributed by atoms with Gasteiger partial charge < -0.3 is 24.8 Å². The monoisotopic (exact) mass is 426 g/mol. The van der Waals surface area contributed by atoms with Crippen LogP contribution in [0.5, 0.6) is 0 Å². The number of carbonyl (C=O) groups excluding carboxylic acids is 1. The summed E-state index contributed by atoms with van der Waals surface area (Å²) in [5.41, 5.74) is 1.34. The highest BCUT2D eigenvalue weighted by Crippen LogP contribution is 2.25. The molecule has 4 rings (SSSR count). The van der Waals surface area contributed by atoms with Crippen molar-refractivity contribution in [3.8, 4) is 11.3 Å². The number of hydrogen-bond donors (Lipinski definition) is 2. The minimum absolute atomic E-state index is 0.166. The van der Waals surface area contributed by atoms with Gasteiger partial charge in [-0.15, -0.1) is 0 Å². The number of benzene rings is 1. The lowest BCUT2D eigenvalue weighted by molar-refractivity contribution is 0.122. The molecule has 9 heteroatoms. The summed E-state index contributed by atoms with van der Waals surface area (Å²) in [6.45, 7) is 6.38. The Labute approximate surface area is 180 Å². The van der Waals surface area contributed by atoms with E-state index >= 15 is 0 Å². The molecule has 0 bridgehead atoms. The van der Waals surface area contributed by atoms with E-state index in [2.05, 4.69) is 32.1 Å². The number of aromatic nitrogens is 3. The molecule has 0 radical (unpaired) electrons. The van der Waals surface area contributed by atoms with E-state index in [4.69, 9.17) is 4.74 Å². The number of anilines is 2. The van der Waals surface area contributed by atoms with Crippen molar-refractivity contribution in [2.75, 3.05) is 49.6 Å². The molecule has 1 atom stereocenters. The van der Waals surface area contributed by atoms with Gasteiger partial charge in [0.2, 0.25) is 0 Å². The minimum atomic E-state index is -0.408. The van der Waals surface area contributed by atoms with Gasteiger partial charge in [0.15, 0.2) is 0 Å². The van der Waals surface area contributed by atoms with Crippen molar-refractivity contribution in [3.05, 3.63) is 48.8 Å². The number of H-pyrrole nitrogens is 1. The first-order valence-electron chi connectivity index (χ1n) is 10.5. The molecule has 2 N–H and O–H groups in total. The van der Waals surface area contributed by atoms with Crippen LogP contribution in [0.1, 0.15) is 13.3 Å². The topological polar surface area (TPSA) is 86.4 Å². The van der Waals surface area contributed by atoms with E-state index in [1.807, 2.05) is 0 Å². The second-order valence-electron chi connectivity index (χ2n) is 7.83. The summed E-state index contributed by atoms with van der Waals surface area (Å²) in [5.74, 6) is 0.811. The van der Waals surface area contributed by atoms with E-state index in [0.717, 1.165) is 38.4 Å². The van der Waals surface area contributed by atoms with Crippen molar-refractivity contribution < 1.29 is 13.9 Å². The normalized spacial score (nSPS) is 18.6. The molecule has 2 aliphatic rings. The highest BCUT2D eigenvalue weighted by Gasteiger charge is 2.23. The lowest BCUT2D eigenvalue weighted by atomic mass is 10.1. The number of aromatic amines is 1. The van der Waals surface area contributed by atoms with Crippen LogP contribution in [0.4, 0.5) is 20.7 Å². The lowest BCUT2D eigenvalue weighted by Gasteiger charge is -2.26. The van der Waals surface area contributed by atoms with Crippen molar-refractivity contribution in [1.29, 1.82) is 0 Å². The molecular formula is C22H27FN6O2. The maximum Gasteiger partial charge on any atom is 0.321 e. The van der Waals surface area contributed by atoms with Crippen LogP contribution in [0.25, 0.3) is 11.3 Å².